The summed E-state index contributed by atoms with van der Waals surface area (Å²) in [5, 5.41) is 8.57. The third-order valence-corrected chi connectivity index (χ3v) is 3.45. The van der Waals surface area contributed by atoms with E-state index in [0.717, 1.165) is 19.4 Å². The van der Waals surface area contributed by atoms with E-state index in [1.165, 1.54) is 0 Å². The molecule has 0 aliphatic carbocycles. The normalized spacial score (nSPS) is 22.1. The maximum absolute atomic E-state index is 12.2. The molecule has 2 atom stereocenters. The summed E-state index contributed by atoms with van der Waals surface area (Å²) >= 11 is 0. The topological polar surface area (TPSA) is 96.2 Å². The zero-order valence-corrected chi connectivity index (χ0v) is 11.5. The fraction of sp³-hybridized carbons (Fsp3) is 0.429. The van der Waals surface area contributed by atoms with Crippen LogP contribution >= 0.6 is 0 Å². The van der Waals surface area contributed by atoms with E-state index in [0.29, 0.717) is 17.3 Å². The van der Waals surface area contributed by atoms with Crippen LogP contribution in [0.3, 0.4) is 0 Å². The average Bonchev–Trinajstić information content (AvgIpc) is 2.38. The summed E-state index contributed by atoms with van der Waals surface area (Å²) in [5.41, 5.74) is 6.26. The highest BCUT2D eigenvalue weighted by molar-refractivity contribution is 5.96. The van der Waals surface area contributed by atoms with Crippen molar-refractivity contribution in [1.82, 2.24) is 5.32 Å². The maximum atomic E-state index is 12.2. The fourth-order valence-electron chi connectivity index (χ4n) is 2.44. The van der Waals surface area contributed by atoms with Gasteiger partial charge in [0.05, 0.1) is 6.04 Å². The van der Waals surface area contributed by atoms with Crippen molar-refractivity contribution in [2.24, 2.45) is 11.7 Å². The summed E-state index contributed by atoms with van der Waals surface area (Å²) in [7, 11) is 0. The Morgan fingerprint density at radius 1 is 1.30 bits per heavy atom. The van der Waals surface area contributed by atoms with Gasteiger partial charge in [0.15, 0.2) is 0 Å². The number of carbonyl (C=O) groups excluding carboxylic acids is 2. The Kier molecular flexibility index (Phi) is 4.57. The first kappa shape index (κ1) is 14.3. The van der Waals surface area contributed by atoms with Crippen LogP contribution in [-0.2, 0) is 4.79 Å². The lowest BCUT2D eigenvalue weighted by molar-refractivity contribution is -0.119. The number of nitrogens with one attached hydrogen (secondary N) is 3. The Labute approximate surface area is 118 Å². The summed E-state index contributed by atoms with van der Waals surface area (Å²) in [6.45, 7) is 2.94. The maximum Gasteiger partial charge on any atom is 0.316 e. The minimum atomic E-state index is -0.629. The van der Waals surface area contributed by atoms with Crippen LogP contribution in [0.1, 0.15) is 19.8 Å². The van der Waals surface area contributed by atoms with Crippen molar-refractivity contribution < 1.29 is 9.59 Å². The summed E-state index contributed by atoms with van der Waals surface area (Å²) in [4.78, 5) is 23.0. The molecule has 3 amide bonds. The Hall–Kier alpha value is -2.08. The van der Waals surface area contributed by atoms with Gasteiger partial charge in [0.25, 0.3) is 0 Å². The Bertz CT molecular complexity index is 504. The molecule has 1 saturated heterocycles. The van der Waals surface area contributed by atoms with Gasteiger partial charge in [-0.2, -0.15) is 0 Å². The van der Waals surface area contributed by atoms with Gasteiger partial charge < -0.3 is 21.7 Å². The van der Waals surface area contributed by atoms with Crippen LogP contribution in [0.2, 0.25) is 0 Å². The van der Waals surface area contributed by atoms with Crippen LogP contribution in [0, 0.1) is 5.92 Å². The number of nitrogens with two attached hydrogens (primary N) is 1. The van der Waals surface area contributed by atoms with E-state index in [9.17, 15) is 9.59 Å². The van der Waals surface area contributed by atoms with Crippen LogP contribution in [0.15, 0.2) is 24.3 Å². The zero-order chi connectivity index (χ0) is 14.5. The van der Waals surface area contributed by atoms with Crippen molar-refractivity contribution in [2.75, 3.05) is 17.2 Å². The first-order valence-corrected chi connectivity index (χ1v) is 6.77. The molecule has 1 aromatic rings. The first-order valence-electron chi connectivity index (χ1n) is 6.77. The molecule has 6 nitrogen and oxygen atoms in total. The summed E-state index contributed by atoms with van der Waals surface area (Å²) in [6, 6.07) is 6.11. The van der Waals surface area contributed by atoms with Gasteiger partial charge in [-0.15, -0.1) is 0 Å². The fourth-order valence-corrected chi connectivity index (χ4v) is 2.44. The molecule has 1 aliphatic heterocycles. The molecule has 0 radical (unpaired) electrons. The number of primary amides is 1. The van der Waals surface area contributed by atoms with Crippen LogP contribution < -0.4 is 21.7 Å². The average molecular weight is 276 g/mol. The van der Waals surface area contributed by atoms with E-state index in [4.69, 9.17) is 5.73 Å². The predicted octanol–water partition coefficient (Wildman–Crippen LogP) is 1.50. The highest BCUT2D eigenvalue weighted by atomic mass is 16.2. The predicted molar refractivity (Wildman–Crippen MR) is 78.5 cm³/mol. The number of piperidine rings is 1. The molecule has 5 N–H and O–H groups in total. The number of urea groups is 1. The van der Waals surface area contributed by atoms with Crippen molar-refractivity contribution in [3.8, 4) is 0 Å². The molecule has 1 aromatic carbocycles. The Balaban J connectivity index is 2.01. The van der Waals surface area contributed by atoms with Crippen molar-refractivity contribution >= 4 is 23.3 Å². The Morgan fingerprint density at radius 3 is 2.65 bits per heavy atom. The van der Waals surface area contributed by atoms with Gasteiger partial charge >= 0.3 is 6.03 Å². The second-order valence-electron chi connectivity index (χ2n) is 5.11. The highest BCUT2D eigenvalue weighted by Gasteiger charge is 2.27. The van der Waals surface area contributed by atoms with Gasteiger partial charge in [-0.25, -0.2) is 4.79 Å². The molecule has 0 saturated carbocycles. The molecule has 2 rings (SSSR count). The number of benzene rings is 1. The number of hydrogen-bond acceptors (Lipinski definition) is 3. The van der Waals surface area contributed by atoms with Crippen molar-refractivity contribution in [1.29, 1.82) is 0 Å². The lowest BCUT2D eigenvalue weighted by atomic mass is 9.92. The molecule has 6 heteroatoms. The van der Waals surface area contributed by atoms with E-state index in [1.54, 1.807) is 24.3 Å². The minimum Gasteiger partial charge on any atom is -0.351 e. The summed E-state index contributed by atoms with van der Waals surface area (Å²) < 4.78 is 0. The van der Waals surface area contributed by atoms with E-state index < -0.39 is 6.03 Å². The molecule has 0 aromatic heterocycles. The minimum absolute atomic E-state index is 0.0478. The van der Waals surface area contributed by atoms with Crippen LogP contribution in [0.25, 0.3) is 0 Å². The highest BCUT2D eigenvalue weighted by Crippen LogP contribution is 2.19. The zero-order valence-electron chi connectivity index (χ0n) is 11.5. The van der Waals surface area contributed by atoms with Gasteiger partial charge in [0.1, 0.15) is 0 Å². The quantitative estimate of drug-likeness (QED) is 0.673. The number of carbonyl (C=O) groups is 2. The lowest BCUT2D eigenvalue weighted by Crippen LogP contribution is -2.48. The SMILES string of the molecule is CC1CCCNC1C(=O)Nc1cccc(NC(N)=O)c1. The van der Waals surface area contributed by atoms with Gasteiger partial charge in [-0.05, 0) is 43.5 Å². The standard InChI is InChI=1S/C14H20N4O2/c1-9-4-3-7-16-12(9)13(19)17-10-5-2-6-11(8-10)18-14(15)20/h2,5-6,8-9,12,16H,3-4,7H2,1H3,(H,17,19)(H3,15,18,20). The number of anilines is 2. The number of amides is 3. The molecule has 108 valence electrons. The largest absolute Gasteiger partial charge is 0.351 e. The van der Waals surface area contributed by atoms with Gasteiger partial charge in [-0.1, -0.05) is 13.0 Å². The number of hydrogen-bond donors (Lipinski definition) is 4. The van der Waals surface area contributed by atoms with E-state index in [-0.39, 0.29) is 11.9 Å². The second-order valence-corrected chi connectivity index (χ2v) is 5.11. The molecule has 0 bridgehead atoms. The molecule has 1 aliphatic rings. The summed E-state index contributed by atoms with van der Waals surface area (Å²) in [5.74, 6) is 0.268. The third kappa shape index (κ3) is 3.71. The van der Waals surface area contributed by atoms with Gasteiger partial charge in [-0.3, -0.25) is 4.79 Å². The van der Waals surface area contributed by atoms with Crippen molar-refractivity contribution in [2.45, 2.75) is 25.8 Å². The molecule has 1 fully saturated rings. The van der Waals surface area contributed by atoms with E-state index in [2.05, 4.69) is 22.9 Å². The molecular formula is C14H20N4O2. The lowest BCUT2D eigenvalue weighted by Gasteiger charge is -2.28. The molecular weight excluding hydrogens is 256 g/mol. The van der Waals surface area contributed by atoms with Crippen LogP contribution in [-0.4, -0.2) is 24.5 Å². The van der Waals surface area contributed by atoms with Crippen LogP contribution in [0.4, 0.5) is 16.2 Å². The van der Waals surface area contributed by atoms with E-state index in [1.807, 2.05) is 0 Å². The van der Waals surface area contributed by atoms with Crippen molar-refractivity contribution in [3.63, 3.8) is 0 Å². The smallest absolute Gasteiger partial charge is 0.316 e. The molecule has 2 unspecified atom stereocenters. The third-order valence-electron chi connectivity index (χ3n) is 3.45. The number of rotatable bonds is 3. The van der Waals surface area contributed by atoms with Crippen molar-refractivity contribution in [3.05, 3.63) is 24.3 Å². The Morgan fingerprint density at radius 2 is 2.00 bits per heavy atom. The van der Waals surface area contributed by atoms with Gasteiger partial charge in [0, 0.05) is 11.4 Å². The second kappa shape index (κ2) is 6.38. The summed E-state index contributed by atoms with van der Waals surface area (Å²) in [6.07, 6.45) is 2.15. The monoisotopic (exact) mass is 276 g/mol. The molecule has 20 heavy (non-hydrogen) atoms. The van der Waals surface area contributed by atoms with E-state index >= 15 is 0 Å². The molecule has 1 heterocycles. The van der Waals surface area contributed by atoms with Gasteiger partial charge in [0.2, 0.25) is 5.91 Å². The van der Waals surface area contributed by atoms with Crippen LogP contribution in [0.5, 0.6) is 0 Å². The molecule has 0 spiro atoms. The first-order chi connectivity index (χ1) is 9.56.